The van der Waals surface area contributed by atoms with Crippen LogP contribution in [-0.2, 0) is 0 Å². The van der Waals surface area contributed by atoms with E-state index in [0.29, 0.717) is 5.56 Å². The summed E-state index contributed by atoms with van der Waals surface area (Å²) in [6.07, 6.45) is 1.62. The lowest BCUT2D eigenvalue weighted by molar-refractivity contribution is 0.0900. The van der Waals surface area contributed by atoms with Crippen molar-refractivity contribution in [3.63, 3.8) is 0 Å². The smallest absolute Gasteiger partial charge is 0.166 e. The maximum Gasteiger partial charge on any atom is 0.166 e. The third-order valence-electron chi connectivity index (χ3n) is 5.16. The monoisotopic (exact) mass is 348 g/mol. The van der Waals surface area contributed by atoms with E-state index in [4.69, 9.17) is 0 Å². The van der Waals surface area contributed by atoms with Gasteiger partial charge in [0.25, 0.3) is 0 Å². The van der Waals surface area contributed by atoms with Crippen LogP contribution in [0.1, 0.15) is 28.9 Å². The van der Waals surface area contributed by atoms with E-state index in [9.17, 15) is 9.18 Å². The normalized spacial score (nSPS) is 15.4. The number of piperidine rings is 1. The third kappa shape index (κ3) is 3.19. The lowest BCUT2D eigenvalue weighted by Crippen LogP contribution is -2.36. The van der Waals surface area contributed by atoms with Crippen LogP contribution in [0.2, 0.25) is 0 Å². The molecule has 0 bridgehead atoms. The van der Waals surface area contributed by atoms with E-state index in [1.54, 1.807) is 12.1 Å². The molecule has 2 heterocycles. The van der Waals surface area contributed by atoms with Gasteiger partial charge in [-0.05, 0) is 56.2 Å². The molecule has 0 saturated carbocycles. The number of hydrogen-bond acceptors (Lipinski definition) is 3. The van der Waals surface area contributed by atoms with Crippen molar-refractivity contribution >= 4 is 22.4 Å². The summed E-state index contributed by atoms with van der Waals surface area (Å²) in [5.41, 5.74) is 3.81. The Labute approximate surface area is 152 Å². The minimum absolute atomic E-state index is 0.00547. The van der Waals surface area contributed by atoms with Gasteiger partial charge in [-0.1, -0.05) is 18.2 Å². The van der Waals surface area contributed by atoms with Crippen molar-refractivity contribution in [2.75, 3.05) is 18.0 Å². The van der Waals surface area contributed by atoms with E-state index in [0.717, 1.165) is 42.5 Å². The Morgan fingerprint density at radius 2 is 1.77 bits per heavy atom. The largest absolute Gasteiger partial charge is 0.371 e. The number of pyridine rings is 1. The fourth-order valence-corrected chi connectivity index (χ4v) is 3.78. The van der Waals surface area contributed by atoms with Gasteiger partial charge in [0.2, 0.25) is 0 Å². The topological polar surface area (TPSA) is 33.2 Å². The number of aromatic nitrogens is 1. The van der Waals surface area contributed by atoms with Gasteiger partial charge in [0.15, 0.2) is 5.78 Å². The molecule has 1 aliphatic rings. The second-order valence-electron chi connectivity index (χ2n) is 6.93. The van der Waals surface area contributed by atoms with Crippen molar-refractivity contribution < 1.29 is 9.18 Å². The Balaban J connectivity index is 1.52. The Morgan fingerprint density at radius 3 is 2.50 bits per heavy atom. The Hall–Kier alpha value is -2.75. The van der Waals surface area contributed by atoms with Crippen molar-refractivity contribution in [2.45, 2.75) is 19.8 Å². The van der Waals surface area contributed by atoms with Gasteiger partial charge >= 0.3 is 0 Å². The first-order chi connectivity index (χ1) is 12.6. The molecule has 1 aromatic heterocycles. The van der Waals surface area contributed by atoms with Crippen molar-refractivity contribution in [3.8, 4) is 0 Å². The predicted octanol–water partition coefficient (Wildman–Crippen LogP) is 4.78. The molecule has 0 unspecified atom stereocenters. The van der Waals surface area contributed by atoms with E-state index < -0.39 is 0 Å². The van der Waals surface area contributed by atoms with Crippen LogP contribution in [0.4, 0.5) is 10.1 Å². The number of benzene rings is 2. The van der Waals surface area contributed by atoms with Gasteiger partial charge in [0.05, 0.1) is 5.52 Å². The first kappa shape index (κ1) is 16.7. The Bertz CT molecular complexity index is 944. The van der Waals surface area contributed by atoms with Crippen molar-refractivity contribution in [3.05, 3.63) is 71.7 Å². The molecule has 0 N–H and O–H groups in total. The van der Waals surface area contributed by atoms with Crippen LogP contribution in [-0.4, -0.2) is 23.9 Å². The molecule has 2 aromatic carbocycles. The van der Waals surface area contributed by atoms with Gasteiger partial charge in [0, 0.05) is 41.3 Å². The highest BCUT2D eigenvalue weighted by atomic mass is 19.1. The SMILES string of the molecule is Cc1cc(N2CCC(C(=O)c3ccc(F)cc3)CC2)c2ccccc2n1. The average molecular weight is 348 g/mol. The second kappa shape index (κ2) is 6.87. The number of ketones is 1. The number of anilines is 1. The molecule has 26 heavy (non-hydrogen) atoms. The van der Waals surface area contributed by atoms with Crippen molar-refractivity contribution in [1.82, 2.24) is 4.98 Å². The molecule has 0 atom stereocenters. The molecule has 0 radical (unpaired) electrons. The van der Waals surface area contributed by atoms with E-state index in [2.05, 4.69) is 22.0 Å². The van der Waals surface area contributed by atoms with Crippen molar-refractivity contribution in [2.24, 2.45) is 5.92 Å². The zero-order chi connectivity index (χ0) is 18.1. The number of rotatable bonds is 3. The summed E-state index contributed by atoms with van der Waals surface area (Å²) in [6.45, 7) is 3.69. The number of para-hydroxylation sites is 1. The van der Waals surface area contributed by atoms with Crippen LogP contribution < -0.4 is 4.90 Å². The van der Waals surface area contributed by atoms with Gasteiger partial charge in [-0.2, -0.15) is 0 Å². The highest BCUT2D eigenvalue weighted by Gasteiger charge is 2.26. The summed E-state index contributed by atoms with van der Waals surface area (Å²) in [4.78, 5) is 19.6. The first-order valence-electron chi connectivity index (χ1n) is 9.03. The van der Waals surface area contributed by atoms with E-state index in [1.165, 1.54) is 17.8 Å². The molecule has 0 aliphatic carbocycles. The number of hydrogen-bond donors (Lipinski definition) is 0. The molecule has 0 spiro atoms. The quantitative estimate of drug-likeness (QED) is 0.639. The maximum atomic E-state index is 13.1. The summed E-state index contributed by atoms with van der Waals surface area (Å²) < 4.78 is 13.1. The number of carbonyl (C=O) groups excluding carboxylic acids is 1. The minimum Gasteiger partial charge on any atom is -0.371 e. The molecule has 4 heteroatoms. The van der Waals surface area contributed by atoms with E-state index in [-0.39, 0.29) is 17.5 Å². The number of Topliss-reactive ketones (excluding diaryl/α,β-unsaturated/α-hetero) is 1. The standard InChI is InChI=1S/C22H21FN2O/c1-15-14-21(19-4-2-3-5-20(19)24-15)25-12-10-17(11-13-25)22(26)16-6-8-18(23)9-7-16/h2-9,14,17H,10-13H2,1H3. The molecule has 1 aliphatic heterocycles. The molecule has 132 valence electrons. The maximum absolute atomic E-state index is 13.1. The fraction of sp³-hybridized carbons (Fsp3) is 0.273. The summed E-state index contributed by atoms with van der Waals surface area (Å²) in [5, 5.41) is 1.15. The van der Waals surface area contributed by atoms with E-state index in [1.807, 2.05) is 25.1 Å². The third-order valence-corrected chi connectivity index (χ3v) is 5.16. The van der Waals surface area contributed by atoms with Crippen LogP contribution in [0, 0.1) is 18.7 Å². The summed E-state index contributed by atoms with van der Waals surface area (Å²) in [5.74, 6) is -0.178. The van der Waals surface area contributed by atoms with Crippen LogP contribution >= 0.6 is 0 Å². The Morgan fingerprint density at radius 1 is 1.08 bits per heavy atom. The fourth-order valence-electron chi connectivity index (χ4n) is 3.78. The lowest BCUT2D eigenvalue weighted by Gasteiger charge is -2.33. The molecule has 3 nitrogen and oxygen atoms in total. The Kier molecular flexibility index (Phi) is 4.41. The molecular formula is C22H21FN2O. The van der Waals surface area contributed by atoms with Crippen LogP contribution in [0.3, 0.4) is 0 Å². The van der Waals surface area contributed by atoms with E-state index >= 15 is 0 Å². The summed E-state index contributed by atoms with van der Waals surface area (Å²) >= 11 is 0. The molecule has 0 amide bonds. The van der Waals surface area contributed by atoms with Crippen LogP contribution in [0.25, 0.3) is 10.9 Å². The molecule has 1 fully saturated rings. The molecule has 4 rings (SSSR count). The molecule has 1 saturated heterocycles. The number of aryl methyl sites for hydroxylation is 1. The zero-order valence-electron chi connectivity index (χ0n) is 14.8. The predicted molar refractivity (Wildman–Crippen MR) is 102 cm³/mol. The van der Waals surface area contributed by atoms with Crippen LogP contribution in [0.15, 0.2) is 54.6 Å². The number of halogens is 1. The van der Waals surface area contributed by atoms with Gasteiger partial charge in [-0.3, -0.25) is 9.78 Å². The van der Waals surface area contributed by atoms with Gasteiger partial charge < -0.3 is 4.90 Å². The minimum atomic E-state index is -0.309. The second-order valence-corrected chi connectivity index (χ2v) is 6.93. The van der Waals surface area contributed by atoms with Gasteiger partial charge in [-0.25, -0.2) is 4.39 Å². The first-order valence-corrected chi connectivity index (χ1v) is 9.03. The summed E-state index contributed by atoms with van der Waals surface area (Å²) in [7, 11) is 0. The zero-order valence-corrected chi connectivity index (χ0v) is 14.8. The molecule has 3 aromatic rings. The highest BCUT2D eigenvalue weighted by molar-refractivity contribution is 5.98. The van der Waals surface area contributed by atoms with Crippen LogP contribution in [0.5, 0.6) is 0 Å². The highest BCUT2D eigenvalue weighted by Crippen LogP contribution is 2.31. The number of carbonyl (C=O) groups is 1. The van der Waals surface area contributed by atoms with Gasteiger partial charge in [-0.15, -0.1) is 0 Å². The lowest BCUT2D eigenvalue weighted by atomic mass is 9.88. The summed E-state index contributed by atoms with van der Waals surface area (Å²) in [6, 6.07) is 16.2. The average Bonchev–Trinajstić information content (AvgIpc) is 2.67. The van der Waals surface area contributed by atoms with Gasteiger partial charge in [0.1, 0.15) is 5.82 Å². The van der Waals surface area contributed by atoms with Crippen molar-refractivity contribution in [1.29, 1.82) is 0 Å². The molecular weight excluding hydrogens is 327 g/mol. The number of nitrogens with zero attached hydrogens (tertiary/aromatic N) is 2. The number of fused-ring (bicyclic) bond motifs is 1.